The summed E-state index contributed by atoms with van der Waals surface area (Å²) < 4.78 is 44.5. The predicted molar refractivity (Wildman–Crippen MR) is 107 cm³/mol. The SMILES string of the molecule is CO[Si](CC(C)C)(OC)OCOCCCOCO[Si](CC(C)C)(OC)OC. The molecule has 0 saturated heterocycles. The molecule has 10 heteroatoms. The fourth-order valence-electron chi connectivity index (χ4n) is 2.50. The topological polar surface area (TPSA) is 73.8 Å². The average Bonchev–Trinajstić information content (AvgIpc) is 2.64. The zero-order valence-electron chi connectivity index (χ0n) is 18.4. The Kier molecular flexibility index (Phi) is 15.1. The fourth-order valence-corrected chi connectivity index (χ4v) is 6.73. The smallest absolute Gasteiger partial charge is 0.377 e. The molecule has 0 aliphatic rings. The van der Waals surface area contributed by atoms with Crippen LogP contribution in [0.4, 0.5) is 0 Å². The summed E-state index contributed by atoms with van der Waals surface area (Å²) in [5.41, 5.74) is 0. The van der Waals surface area contributed by atoms with Crippen LogP contribution in [0.3, 0.4) is 0 Å². The van der Waals surface area contributed by atoms with Gasteiger partial charge in [0.2, 0.25) is 0 Å². The Morgan fingerprint density at radius 1 is 0.593 bits per heavy atom. The Hall–Kier alpha value is 0.114. The molecule has 0 fully saturated rings. The zero-order chi connectivity index (χ0) is 20.8. The van der Waals surface area contributed by atoms with Crippen molar-refractivity contribution in [3.63, 3.8) is 0 Å². The normalized spacial score (nSPS) is 13.1. The van der Waals surface area contributed by atoms with Crippen LogP contribution in [-0.4, -0.2) is 72.8 Å². The molecule has 0 spiro atoms. The van der Waals surface area contributed by atoms with E-state index < -0.39 is 17.6 Å². The molecule has 27 heavy (non-hydrogen) atoms. The van der Waals surface area contributed by atoms with Crippen LogP contribution < -0.4 is 0 Å². The second kappa shape index (κ2) is 15.0. The first-order chi connectivity index (χ1) is 12.8. The highest BCUT2D eigenvalue weighted by Crippen LogP contribution is 2.20. The molecule has 0 aliphatic carbocycles. The number of rotatable bonds is 18. The maximum atomic E-state index is 5.76. The zero-order valence-corrected chi connectivity index (χ0v) is 20.4. The summed E-state index contributed by atoms with van der Waals surface area (Å²) in [5.74, 6) is 0.853. The summed E-state index contributed by atoms with van der Waals surface area (Å²) in [4.78, 5) is 0. The summed E-state index contributed by atoms with van der Waals surface area (Å²) >= 11 is 0. The number of ether oxygens (including phenoxy) is 2. The van der Waals surface area contributed by atoms with Crippen LogP contribution in [0, 0.1) is 11.8 Å². The van der Waals surface area contributed by atoms with Crippen molar-refractivity contribution < 1.29 is 36.0 Å². The molecule has 0 atom stereocenters. The summed E-state index contributed by atoms with van der Waals surface area (Å²) in [6.45, 7) is 9.75. The molecule has 0 rings (SSSR count). The van der Waals surface area contributed by atoms with Crippen molar-refractivity contribution >= 4 is 17.6 Å². The summed E-state index contributed by atoms with van der Waals surface area (Å²) in [6, 6.07) is 1.51. The van der Waals surface area contributed by atoms with Crippen LogP contribution in [0.25, 0.3) is 0 Å². The molecular formula is C17H40O8Si2. The minimum atomic E-state index is -2.63. The van der Waals surface area contributed by atoms with E-state index in [-0.39, 0.29) is 13.6 Å². The van der Waals surface area contributed by atoms with Gasteiger partial charge in [-0.15, -0.1) is 0 Å². The third-order valence-electron chi connectivity index (χ3n) is 3.86. The average molecular weight is 429 g/mol. The van der Waals surface area contributed by atoms with Crippen LogP contribution in [0.2, 0.25) is 12.1 Å². The van der Waals surface area contributed by atoms with Gasteiger partial charge in [-0.05, 0) is 18.3 Å². The molecule has 8 nitrogen and oxygen atoms in total. The van der Waals surface area contributed by atoms with Crippen molar-refractivity contribution in [3.05, 3.63) is 0 Å². The quantitative estimate of drug-likeness (QED) is 0.187. The van der Waals surface area contributed by atoms with Gasteiger partial charge in [-0.3, -0.25) is 0 Å². The van der Waals surface area contributed by atoms with E-state index in [9.17, 15) is 0 Å². The van der Waals surface area contributed by atoms with Gasteiger partial charge in [0, 0.05) is 40.5 Å². The second-order valence-corrected chi connectivity index (χ2v) is 12.8. The summed E-state index contributed by atoms with van der Waals surface area (Å²) in [6.07, 6.45) is 0.726. The molecule has 0 aliphatic heterocycles. The van der Waals surface area contributed by atoms with Crippen molar-refractivity contribution in [2.45, 2.75) is 46.2 Å². The van der Waals surface area contributed by atoms with Gasteiger partial charge in [-0.2, -0.15) is 0 Å². The largest absolute Gasteiger partial charge is 0.502 e. The first-order valence-corrected chi connectivity index (χ1v) is 13.3. The Morgan fingerprint density at radius 2 is 0.926 bits per heavy atom. The van der Waals surface area contributed by atoms with Gasteiger partial charge in [-0.1, -0.05) is 27.7 Å². The highest BCUT2D eigenvalue weighted by molar-refractivity contribution is 6.61. The summed E-state index contributed by atoms with van der Waals surface area (Å²) in [5, 5.41) is 0. The van der Waals surface area contributed by atoms with Gasteiger partial charge < -0.3 is 36.0 Å². The molecular weight excluding hydrogens is 388 g/mol. The molecule has 0 unspecified atom stereocenters. The molecule has 0 aromatic heterocycles. The van der Waals surface area contributed by atoms with Gasteiger partial charge in [0.15, 0.2) is 0 Å². The molecule has 0 saturated carbocycles. The summed E-state index contributed by atoms with van der Waals surface area (Å²) in [7, 11) is 1.22. The van der Waals surface area contributed by atoms with Gasteiger partial charge in [0.1, 0.15) is 13.6 Å². The molecule has 0 aromatic carbocycles. The van der Waals surface area contributed by atoms with Crippen molar-refractivity contribution in [2.75, 3.05) is 55.2 Å². The van der Waals surface area contributed by atoms with E-state index >= 15 is 0 Å². The maximum Gasteiger partial charge on any atom is 0.502 e. The number of hydrogen-bond donors (Lipinski definition) is 0. The Labute approximate surface area is 167 Å². The van der Waals surface area contributed by atoms with Crippen LogP contribution in [0.15, 0.2) is 0 Å². The van der Waals surface area contributed by atoms with Crippen LogP contribution in [0.5, 0.6) is 0 Å². The van der Waals surface area contributed by atoms with Crippen LogP contribution in [-0.2, 0) is 36.0 Å². The van der Waals surface area contributed by atoms with Gasteiger partial charge in [0.25, 0.3) is 0 Å². The van der Waals surface area contributed by atoms with E-state index in [4.69, 9.17) is 36.0 Å². The van der Waals surface area contributed by atoms with Crippen LogP contribution >= 0.6 is 0 Å². The predicted octanol–water partition coefficient (Wildman–Crippen LogP) is 3.13. The minimum Gasteiger partial charge on any atom is -0.377 e. The lowest BCUT2D eigenvalue weighted by Gasteiger charge is -2.27. The van der Waals surface area contributed by atoms with E-state index in [2.05, 4.69) is 27.7 Å². The van der Waals surface area contributed by atoms with E-state index in [1.54, 1.807) is 28.4 Å². The Bertz CT molecular complexity index is 318. The molecule has 0 N–H and O–H groups in total. The van der Waals surface area contributed by atoms with E-state index in [1.165, 1.54) is 0 Å². The first-order valence-electron chi connectivity index (χ1n) is 9.42. The Balaban J connectivity index is 3.91. The van der Waals surface area contributed by atoms with Crippen molar-refractivity contribution in [2.24, 2.45) is 11.8 Å². The lowest BCUT2D eigenvalue weighted by molar-refractivity contribution is -0.0558. The number of hydrogen-bond acceptors (Lipinski definition) is 8. The van der Waals surface area contributed by atoms with Gasteiger partial charge in [-0.25, -0.2) is 0 Å². The fraction of sp³-hybridized carbons (Fsp3) is 1.00. The standard InChI is InChI=1S/C17H40O8Si2/c1-16(2)12-26(18-5,19-6)24-14-22-10-9-11-23-15-25-27(20-7,21-8)13-17(3)4/h16-17H,9-15H2,1-8H3. The molecule has 0 radical (unpaired) electrons. The van der Waals surface area contributed by atoms with Gasteiger partial charge >= 0.3 is 17.6 Å². The van der Waals surface area contributed by atoms with E-state index in [0.717, 1.165) is 18.5 Å². The third-order valence-corrected chi connectivity index (χ3v) is 10.1. The van der Waals surface area contributed by atoms with Gasteiger partial charge in [0.05, 0.1) is 13.2 Å². The monoisotopic (exact) mass is 428 g/mol. The van der Waals surface area contributed by atoms with Crippen molar-refractivity contribution in [1.29, 1.82) is 0 Å². The second-order valence-electron chi connectivity index (χ2n) is 7.07. The van der Waals surface area contributed by atoms with E-state index in [1.807, 2.05) is 0 Å². The maximum absolute atomic E-state index is 5.76. The highest BCUT2D eigenvalue weighted by atomic mass is 28.4. The van der Waals surface area contributed by atoms with Crippen molar-refractivity contribution in [1.82, 2.24) is 0 Å². The van der Waals surface area contributed by atoms with Crippen LogP contribution in [0.1, 0.15) is 34.1 Å². The molecule has 0 bridgehead atoms. The molecule has 164 valence electrons. The van der Waals surface area contributed by atoms with E-state index in [0.29, 0.717) is 25.0 Å². The highest BCUT2D eigenvalue weighted by Gasteiger charge is 2.40. The molecule has 0 heterocycles. The van der Waals surface area contributed by atoms with Crippen molar-refractivity contribution in [3.8, 4) is 0 Å². The first kappa shape index (κ1) is 27.1. The third kappa shape index (κ3) is 11.6. The minimum absolute atomic E-state index is 0.148. The molecule has 0 amide bonds. The lowest BCUT2D eigenvalue weighted by atomic mass is 10.3. The molecule has 0 aromatic rings. The Morgan fingerprint density at radius 3 is 1.19 bits per heavy atom. The lowest BCUT2D eigenvalue weighted by Crippen LogP contribution is -2.45.